The third-order valence-corrected chi connectivity index (χ3v) is 2.94. The first-order valence-corrected chi connectivity index (χ1v) is 5.42. The molecule has 1 saturated heterocycles. The van der Waals surface area contributed by atoms with Crippen LogP contribution in [0, 0.1) is 5.92 Å². The average molecular weight is 220 g/mol. The molecule has 0 aromatic heterocycles. The maximum atomic E-state index is 9.79. The Morgan fingerprint density at radius 3 is 2.33 bits per heavy atom. The van der Waals surface area contributed by atoms with Gasteiger partial charge in [-0.1, -0.05) is 19.8 Å². The third-order valence-electron chi connectivity index (χ3n) is 2.94. The van der Waals surface area contributed by atoms with E-state index in [9.17, 15) is 15.3 Å². The van der Waals surface area contributed by atoms with Crippen LogP contribution in [0.4, 0.5) is 0 Å². The lowest BCUT2D eigenvalue weighted by molar-refractivity contribution is -0.274. The molecule has 0 aliphatic carbocycles. The first-order valence-electron chi connectivity index (χ1n) is 5.42. The molecule has 0 spiro atoms. The third kappa shape index (κ3) is 2.89. The highest BCUT2D eigenvalue weighted by Gasteiger charge is 2.42. The molecule has 0 radical (unpaired) electrons. The summed E-state index contributed by atoms with van der Waals surface area (Å²) in [5.74, 6) is -0.425. The van der Waals surface area contributed by atoms with E-state index in [0.717, 1.165) is 12.8 Å². The van der Waals surface area contributed by atoms with E-state index < -0.39 is 30.5 Å². The Morgan fingerprint density at radius 2 is 1.80 bits per heavy atom. The summed E-state index contributed by atoms with van der Waals surface area (Å²) in [5, 5.41) is 37.7. The molecule has 5 atom stereocenters. The van der Waals surface area contributed by atoms with Gasteiger partial charge in [-0.2, -0.15) is 0 Å². The summed E-state index contributed by atoms with van der Waals surface area (Å²) in [6.07, 6.45) is -1.66. The van der Waals surface area contributed by atoms with E-state index in [1.54, 1.807) is 0 Å². The monoisotopic (exact) mass is 220 g/mol. The molecule has 0 saturated carbocycles. The highest BCUT2D eigenvalue weighted by molar-refractivity contribution is 4.88. The fourth-order valence-electron chi connectivity index (χ4n) is 1.96. The normalized spacial score (nSPS) is 41.8. The Morgan fingerprint density at radius 1 is 1.13 bits per heavy atom. The van der Waals surface area contributed by atoms with Crippen molar-refractivity contribution in [1.29, 1.82) is 0 Å². The van der Waals surface area contributed by atoms with Gasteiger partial charge >= 0.3 is 0 Å². The molecule has 0 amide bonds. The van der Waals surface area contributed by atoms with Gasteiger partial charge < -0.3 is 25.2 Å². The fourth-order valence-corrected chi connectivity index (χ4v) is 1.96. The molecule has 5 nitrogen and oxygen atoms in total. The van der Waals surface area contributed by atoms with Gasteiger partial charge in [-0.05, 0) is 6.42 Å². The zero-order valence-corrected chi connectivity index (χ0v) is 8.91. The van der Waals surface area contributed by atoms with Gasteiger partial charge in [0.1, 0.15) is 12.2 Å². The molecule has 1 fully saturated rings. The molecular formula is C10H20O5. The minimum Gasteiger partial charge on any atom is -0.394 e. The number of rotatable bonds is 4. The molecule has 1 aliphatic heterocycles. The number of aliphatic hydroxyl groups is 4. The van der Waals surface area contributed by atoms with Crippen molar-refractivity contribution in [3.05, 3.63) is 0 Å². The van der Waals surface area contributed by atoms with Gasteiger partial charge in [-0.25, -0.2) is 0 Å². The minimum absolute atomic E-state index is 0.354. The summed E-state index contributed by atoms with van der Waals surface area (Å²) in [6, 6.07) is 0. The quantitative estimate of drug-likeness (QED) is 0.499. The van der Waals surface area contributed by atoms with Crippen LogP contribution < -0.4 is 0 Å². The van der Waals surface area contributed by atoms with Gasteiger partial charge in [0, 0.05) is 5.92 Å². The Bertz CT molecular complexity index is 187. The fraction of sp³-hybridized carbons (Fsp3) is 1.00. The van der Waals surface area contributed by atoms with Crippen molar-refractivity contribution >= 4 is 0 Å². The average Bonchev–Trinajstić information content (AvgIpc) is 2.23. The summed E-state index contributed by atoms with van der Waals surface area (Å²) in [6.45, 7) is 1.66. The molecule has 0 aromatic carbocycles. The van der Waals surface area contributed by atoms with E-state index in [1.807, 2.05) is 6.92 Å². The summed E-state index contributed by atoms with van der Waals surface area (Å²) < 4.78 is 4.88. The van der Waals surface area contributed by atoms with Crippen LogP contribution in [-0.2, 0) is 4.74 Å². The van der Waals surface area contributed by atoms with Crippen molar-refractivity contribution < 1.29 is 25.2 Å². The first kappa shape index (κ1) is 12.9. The van der Waals surface area contributed by atoms with Crippen LogP contribution in [0.2, 0.25) is 0 Å². The van der Waals surface area contributed by atoms with Crippen molar-refractivity contribution in [2.75, 3.05) is 6.61 Å². The van der Waals surface area contributed by atoms with E-state index in [4.69, 9.17) is 9.84 Å². The van der Waals surface area contributed by atoms with Crippen LogP contribution in [0.5, 0.6) is 0 Å². The van der Waals surface area contributed by atoms with E-state index in [-0.39, 0.29) is 6.61 Å². The Hall–Kier alpha value is -0.200. The summed E-state index contributed by atoms with van der Waals surface area (Å²) in [4.78, 5) is 0. The maximum Gasteiger partial charge on any atom is 0.181 e. The first-order chi connectivity index (χ1) is 7.11. The zero-order valence-electron chi connectivity index (χ0n) is 8.91. The molecule has 5 heteroatoms. The number of unbranched alkanes of at least 4 members (excludes halogenated alkanes) is 1. The van der Waals surface area contributed by atoms with Crippen LogP contribution in [0.15, 0.2) is 0 Å². The standard InChI is InChI=1S/C10H20O5/c1-2-3-4-6-8(12)7(5-11)15-10(14)9(6)13/h6-14H,2-5H2,1H3/t6-,7?,8-,9?,10-/m0/s1. The molecule has 1 heterocycles. The Balaban J connectivity index is 2.62. The SMILES string of the molecule is CCCC[C@@H]1C(O)[C@@H](O)OC(CO)[C@H]1O. The van der Waals surface area contributed by atoms with E-state index >= 15 is 0 Å². The minimum atomic E-state index is -1.31. The van der Waals surface area contributed by atoms with Gasteiger partial charge in [0.2, 0.25) is 0 Å². The lowest BCUT2D eigenvalue weighted by atomic mass is 9.85. The van der Waals surface area contributed by atoms with Crippen LogP contribution >= 0.6 is 0 Å². The smallest absolute Gasteiger partial charge is 0.181 e. The Kier molecular flexibility index (Phi) is 4.95. The topological polar surface area (TPSA) is 90.2 Å². The summed E-state index contributed by atoms with van der Waals surface area (Å²) >= 11 is 0. The van der Waals surface area contributed by atoms with Gasteiger partial charge in [0.05, 0.1) is 12.7 Å². The van der Waals surface area contributed by atoms with Crippen LogP contribution in [0.3, 0.4) is 0 Å². The number of hydrogen-bond donors (Lipinski definition) is 4. The highest BCUT2D eigenvalue weighted by atomic mass is 16.6. The lowest BCUT2D eigenvalue weighted by Gasteiger charge is -2.40. The highest BCUT2D eigenvalue weighted by Crippen LogP contribution is 2.28. The molecule has 4 N–H and O–H groups in total. The number of hydrogen-bond acceptors (Lipinski definition) is 5. The summed E-state index contributed by atoms with van der Waals surface area (Å²) in [7, 11) is 0. The van der Waals surface area contributed by atoms with Crippen molar-refractivity contribution in [2.45, 2.75) is 50.8 Å². The molecule has 1 rings (SSSR count). The summed E-state index contributed by atoms with van der Waals surface area (Å²) in [5.41, 5.74) is 0. The van der Waals surface area contributed by atoms with Crippen LogP contribution in [0.25, 0.3) is 0 Å². The second kappa shape index (κ2) is 5.77. The Labute approximate surface area is 89.3 Å². The molecule has 90 valence electrons. The maximum absolute atomic E-state index is 9.79. The number of aliphatic hydroxyl groups excluding tert-OH is 4. The van der Waals surface area contributed by atoms with Crippen molar-refractivity contribution in [3.8, 4) is 0 Å². The van der Waals surface area contributed by atoms with E-state index in [0.29, 0.717) is 6.42 Å². The van der Waals surface area contributed by atoms with Gasteiger partial charge in [0.15, 0.2) is 6.29 Å². The molecular weight excluding hydrogens is 200 g/mol. The largest absolute Gasteiger partial charge is 0.394 e. The predicted molar refractivity (Wildman–Crippen MR) is 53.0 cm³/mol. The molecule has 15 heavy (non-hydrogen) atoms. The van der Waals surface area contributed by atoms with E-state index in [2.05, 4.69) is 0 Å². The van der Waals surface area contributed by atoms with Crippen molar-refractivity contribution in [2.24, 2.45) is 5.92 Å². The molecule has 2 unspecified atom stereocenters. The van der Waals surface area contributed by atoms with E-state index in [1.165, 1.54) is 0 Å². The van der Waals surface area contributed by atoms with Crippen LogP contribution in [0.1, 0.15) is 26.2 Å². The van der Waals surface area contributed by atoms with Gasteiger partial charge in [0.25, 0.3) is 0 Å². The zero-order chi connectivity index (χ0) is 11.4. The van der Waals surface area contributed by atoms with Crippen molar-refractivity contribution in [1.82, 2.24) is 0 Å². The van der Waals surface area contributed by atoms with Crippen molar-refractivity contribution in [3.63, 3.8) is 0 Å². The molecule has 1 aliphatic rings. The predicted octanol–water partition coefficient (Wildman–Crippen LogP) is -0.776. The van der Waals surface area contributed by atoms with Gasteiger partial charge in [-0.15, -0.1) is 0 Å². The second-order valence-electron chi connectivity index (χ2n) is 4.03. The molecule has 0 aromatic rings. The van der Waals surface area contributed by atoms with Crippen LogP contribution in [-0.4, -0.2) is 51.6 Å². The number of ether oxygens (including phenoxy) is 1. The lowest BCUT2D eigenvalue weighted by Crippen LogP contribution is -2.55. The van der Waals surface area contributed by atoms with Gasteiger partial charge in [-0.3, -0.25) is 0 Å². The molecule has 0 bridgehead atoms. The second-order valence-corrected chi connectivity index (χ2v) is 4.03.